The first kappa shape index (κ1) is 29.0. The number of ketones is 2. The Morgan fingerprint density at radius 3 is 2.45 bits per heavy atom. The van der Waals surface area contributed by atoms with Gasteiger partial charge in [0, 0.05) is 31.0 Å². The number of hydrogen-bond donors (Lipinski definition) is 6. The molecule has 0 radical (unpaired) electrons. The predicted octanol–water partition coefficient (Wildman–Crippen LogP) is 1.63. The molecular weight excluding hydrogens is 540 g/mol. The fourth-order valence-corrected chi connectivity index (χ4v) is 6.69. The third-order valence-corrected chi connectivity index (χ3v) is 8.61. The molecule has 4 atom stereocenters. The number of nitriles is 1. The molecule has 3 aliphatic rings. The monoisotopic (exact) mass is 572 g/mol. The van der Waals surface area contributed by atoms with Gasteiger partial charge in [0.05, 0.1) is 17.7 Å². The summed E-state index contributed by atoms with van der Waals surface area (Å²) in [5, 5.41) is 56.8. The van der Waals surface area contributed by atoms with Crippen LogP contribution >= 0.6 is 0 Å². The van der Waals surface area contributed by atoms with Crippen molar-refractivity contribution in [2.24, 2.45) is 17.6 Å². The van der Waals surface area contributed by atoms with Gasteiger partial charge in [0.25, 0.3) is 5.91 Å². The lowest BCUT2D eigenvalue weighted by Crippen LogP contribution is -2.65. The molecule has 1 fully saturated rings. The van der Waals surface area contributed by atoms with Crippen LogP contribution in [-0.4, -0.2) is 75.1 Å². The molecule has 42 heavy (non-hydrogen) atoms. The summed E-state index contributed by atoms with van der Waals surface area (Å²) >= 11 is 0. The lowest BCUT2D eigenvalue weighted by Gasteiger charge is -2.50. The van der Waals surface area contributed by atoms with Crippen LogP contribution in [0.2, 0.25) is 0 Å². The zero-order valence-electron chi connectivity index (χ0n) is 23.2. The standard InChI is InChI=1S/C31H32N4O7/c1-35(2)25-20-13-17-12-19-18(16-6-4-15(5-7-16)14-34-11-3-10-32)8-9-21(36)23(19)26(37)22(17)28(39)31(20,42)29(40)24(27(25)38)30(33)41/h4-9,17,20,25,34,36-37,40,42H,3,11-14H2,1-2H3,(H2,33,41)/t17-,20-,25?,31-/m1/s1. The summed E-state index contributed by atoms with van der Waals surface area (Å²) in [5.41, 5.74) is 4.86. The molecule has 11 heteroatoms. The average Bonchev–Trinajstić information content (AvgIpc) is 2.93. The van der Waals surface area contributed by atoms with Crippen molar-refractivity contribution in [1.82, 2.24) is 10.2 Å². The molecule has 0 aliphatic heterocycles. The molecule has 1 unspecified atom stereocenters. The number of primary amides is 1. The number of hydrogen-bond acceptors (Lipinski definition) is 10. The number of nitrogens with two attached hydrogens (primary N) is 1. The number of nitrogens with one attached hydrogen (secondary N) is 1. The van der Waals surface area contributed by atoms with E-state index in [2.05, 4.69) is 11.4 Å². The highest BCUT2D eigenvalue weighted by molar-refractivity contribution is 6.24. The van der Waals surface area contributed by atoms with Gasteiger partial charge < -0.3 is 31.5 Å². The first-order valence-corrected chi connectivity index (χ1v) is 13.6. The molecule has 3 aliphatic carbocycles. The molecule has 0 spiro atoms. The highest BCUT2D eigenvalue weighted by Crippen LogP contribution is 2.53. The zero-order valence-corrected chi connectivity index (χ0v) is 23.2. The minimum atomic E-state index is -2.67. The zero-order chi connectivity index (χ0) is 30.5. The van der Waals surface area contributed by atoms with Crippen LogP contribution in [0.1, 0.15) is 29.5 Å². The molecule has 11 nitrogen and oxygen atoms in total. The van der Waals surface area contributed by atoms with E-state index in [-0.39, 0.29) is 29.7 Å². The second-order valence-corrected chi connectivity index (χ2v) is 11.2. The van der Waals surface area contributed by atoms with Gasteiger partial charge in [-0.05, 0) is 61.2 Å². The first-order chi connectivity index (χ1) is 19.9. The van der Waals surface area contributed by atoms with Crippen LogP contribution in [0.3, 0.4) is 0 Å². The Hall–Kier alpha value is -4.50. The molecule has 2 aromatic rings. The van der Waals surface area contributed by atoms with Gasteiger partial charge in [0.1, 0.15) is 22.8 Å². The van der Waals surface area contributed by atoms with E-state index in [4.69, 9.17) is 11.0 Å². The Bertz CT molecular complexity index is 1600. The van der Waals surface area contributed by atoms with Gasteiger partial charge >= 0.3 is 0 Å². The largest absolute Gasteiger partial charge is 0.508 e. The van der Waals surface area contributed by atoms with Crippen LogP contribution in [0.15, 0.2) is 53.3 Å². The van der Waals surface area contributed by atoms with Gasteiger partial charge in [0.15, 0.2) is 11.4 Å². The Balaban J connectivity index is 1.60. The molecule has 7 N–H and O–H groups in total. The number of aliphatic hydroxyl groups excluding tert-OH is 2. The summed E-state index contributed by atoms with van der Waals surface area (Å²) in [6.45, 7) is 1.16. The molecule has 5 rings (SSSR count). The van der Waals surface area contributed by atoms with Crippen molar-refractivity contribution < 1.29 is 34.8 Å². The van der Waals surface area contributed by atoms with Crippen molar-refractivity contribution in [2.75, 3.05) is 20.6 Å². The Kier molecular flexibility index (Phi) is 7.41. The van der Waals surface area contributed by atoms with Crippen LogP contribution in [0, 0.1) is 23.2 Å². The van der Waals surface area contributed by atoms with Gasteiger partial charge in [-0.15, -0.1) is 0 Å². The lowest BCUT2D eigenvalue weighted by molar-refractivity contribution is -0.153. The summed E-state index contributed by atoms with van der Waals surface area (Å²) in [6, 6.07) is 11.8. The van der Waals surface area contributed by atoms with Gasteiger partial charge in [0.2, 0.25) is 5.78 Å². The highest BCUT2D eigenvalue weighted by Gasteiger charge is 2.64. The normalized spacial score (nSPS) is 25.2. The van der Waals surface area contributed by atoms with E-state index in [1.165, 1.54) is 11.0 Å². The summed E-state index contributed by atoms with van der Waals surface area (Å²) in [5.74, 6) is -6.80. The molecule has 1 amide bonds. The van der Waals surface area contributed by atoms with E-state index in [1.807, 2.05) is 24.3 Å². The van der Waals surface area contributed by atoms with Gasteiger partial charge in [-0.25, -0.2) is 0 Å². The van der Waals surface area contributed by atoms with E-state index in [9.17, 15) is 34.8 Å². The minimum Gasteiger partial charge on any atom is -0.508 e. The number of aliphatic hydroxyl groups is 3. The van der Waals surface area contributed by atoms with Crippen molar-refractivity contribution in [3.05, 3.63) is 70.0 Å². The topological polar surface area (TPSA) is 197 Å². The number of phenols is 1. The van der Waals surface area contributed by atoms with Crippen LogP contribution in [-0.2, 0) is 27.3 Å². The number of nitrogens with zero attached hydrogens (tertiary/aromatic N) is 2. The number of Topliss-reactive ketones (excluding diaryl/α,β-unsaturated/α-hetero) is 2. The average molecular weight is 573 g/mol. The van der Waals surface area contributed by atoms with Crippen LogP contribution in [0.4, 0.5) is 0 Å². The van der Waals surface area contributed by atoms with Crippen LogP contribution in [0.25, 0.3) is 16.9 Å². The summed E-state index contributed by atoms with van der Waals surface area (Å²) in [4.78, 5) is 40.8. The number of carbonyl (C=O) groups is 3. The molecule has 218 valence electrons. The number of aromatic hydroxyl groups is 1. The molecular formula is C31H32N4O7. The molecule has 0 heterocycles. The maximum absolute atomic E-state index is 14.0. The van der Waals surface area contributed by atoms with E-state index in [0.717, 1.165) is 16.7 Å². The Labute approximate surface area is 242 Å². The quantitative estimate of drug-likeness (QED) is 0.209. The van der Waals surface area contributed by atoms with Crippen molar-refractivity contribution in [2.45, 2.75) is 37.5 Å². The second-order valence-electron chi connectivity index (χ2n) is 11.2. The fourth-order valence-electron chi connectivity index (χ4n) is 6.69. The van der Waals surface area contributed by atoms with E-state index >= 15 is 0 Å². The summed E-state index contributed by atoms with van der Waals surface area (Å²) < 4.78 is 0. The Morgan fingerprint density at radius 2 is 1.83 bits per heavy atom. The number of fused-ring (bicyclic) bond motifs is 3. The van der Waals surface area contributed by atoms with Crippen molar-refractivity contribution in [3.63, 3.8) is 0 Å². The molecule has 0 saturated heterocycles. The molecule has 2 aromatic carbocycles. The number of carbonyl (C=O) groups excluding carboxylic acids is 3. The fraction of sp³-hybridized carbons (Fsp3) is 0.355. The first-order valence-electron chi connectivity index (χ1n) is 13.6. The molecule has 1 saturated carbocycles. The van der Waals surface area contributed by atoms with Gasteiger partial charge in [-0.3, -0.25) is 19.3 Å². The number of likely N-dealkylation sites (N-methyl/N-ethyl adjacent to an activating group) is 1. The number of rotatable bonds is 7. The highest BCUT2D eigenvalue weighted by atomic mass is 16.3. The number of phenolic OH excluding ortho intramolecular Hbond substituents is 1. The van der Waals surface area contributed by atoms with Crippen molar-refractivity contribution in [1.29, 1.82) is 5.26 Å². The van der Waals surface area contributed by atoms with Crippen molar-refractivity contribution >= 4 is 23.2 Å². The van der Waals surface area contributed by atoms with Crippen LogP contribution < -0.4 is 11.1 Å². The summed E-state index contributed by atoms with van der Waals surface area (Å²) in [7, 11) is 3.12. The Morgan fingerprint density at radius 1 is 1.14 bits per heavy atom. The third-order valence-electron chi connectivity index (χ3n) is 8.61. The number of benzene rings is 2. The maximum Gasteiger partial charge on any atom is 0.255 e. The molecule has 0 bridgehead atoms. The van der Waals surface area contributed by atoms with Gasteiger partial charge in [-0.1, -0.05) is 30.3 Å². The van der Waals surface area contributed by atoms with Crippen molar-refractivity contribution in [3.8, 4) is 22.9 Å². The third kappa shape index (κ3) is 4.36. The summed E-state index contributed by atoms with van der Waals surface area (Å²) in [6.07, 6.45) is 0.633. The molecule has 0 aromatic heterocycles. The van der Waals surface area contributed by atoms with Crippen LogP contribution in [0.5, 0.6) is 5.75 Å². The minimum absolute atomic E-state index is 0.0220. The van der Waals surface area contributed by atoms with E-state index in [0.29, 0.717) is 25.1 Å². The maximum atomic E-state index is 14.0. The van der Waals surface area contributed by atoms with E-state index in [1.54, 1.807) is 20.2 Å². The van der Waals surface area contributed by atoms with Gasteiger partial charge in [-0.2, -0.15) is 5.26 Å². The van der Waals surface area contributed by atoms with E-state index < -0.39 is 58.0 Å². The lowest BCUT2D eigenvalue weighted by atomic mass is 9.57. The number of amides is 1. The predicted molar refractivity (Wildman–Crippen MR) is 152 cm³/mol. The second kappa shape index (κ2) is 10.7. The smallest absolute Gasteiger partial charge is 0.255 e. The SMILES string of the molecule is CN(C)C1C(=O)C(C(N)=O)=C(O)[C@]2(O)C(=O)C3=C(O)c4c(O)ccc(-c5ccc(CNCCC#N)cc5)c4C[C@@H]3C[C@H]12.